The highest BCUT2D eigenvalue weighted by Crippen LogP contribution is 2.29. The molecule has 2 aromatic rings. The van der Waals surface area contributed by atoms with Crippen molar-refractivity contribution in [3.8, 4) is 0 Å². The average molecular weight is 392 g/mol. The van der Waals surface area contributed by atoms with Gasteiger partial charge in [0.25, 0.3) is 0 Å². The monoisotopic (exact) mass is 392 g/mol. The zero-order chi connectivity index (χ0) is 20.2. The van der Waals surface area contributed by atoms with E-state index in [1.54, 1.807) is 6.07 Å². The van der Waals surface area contributed by atoms with Gasteiger partial charge in [-0.3, -0.25) is 24.2 Å². The average Bonchev–Trinajstić information content (AvgIpc) is 2.74. The lowest BCUT2D eigenvalue weighted by atomic mass is 9.97. The molecule has 2 aromatic carbocycles. The van der Waals surface area contributed by atoms with Crippen LogP contribution in [0.5, 0.6) is 0 Å². The molecule has 2 N–H and O–H groups in total. The van der Waals surface area contributed by atoms with Gasteiger partial charge in [-0.25, -0.2) is 0 Å². The number of hydrogen-bond donors (Lipinski definition) is 2. The van der Waals surface area contributed by atoms with Crippen molar-refractivity contribution in [3.63, 3.8) is 0 Å². The van der Waals surface area contributed by atoms with E-state index in [1.807, 2.05) is 53.4 Å². The Hall–Kier alpha value is -3.19. The third kappa shape index (κ3) is 4.46. The van der Waals surface area contributed by atoms with Crippen LogP contribution in [0.2, 0.25) is 0 Å². The lowest BCUT2D eigenvalue weighted by Gasteiger charge is -2.34. The number of anilines is 3. The van der Waals surface area contributed by atoms with Crippen LogP contribution in [0.1, 0.15) is 12.8 Å². The van der Waals surface area contributed by atoms with Crippen molar-refractivity contribution in [1.82, 2.24) is 4.90 Å². The van der Waals surface area contributed by atoms with Crippen molar-refractivity contribution >= 4 is 34.8 Å². The van der Waals surface area contributed by atoms with E-state index in [2.05, 4.69) is 10.6 Å². The lowest BCUT2D eigenvalue weighted by molar-refractivity contribution is -0.125. The molecule has 2 aliphatic heterocycles. The molecule has 0 bridgehead atoms. The maximum Gasteiger partial charge on any atom is 0.244 e. The van der Waals surface area contributed by atoms with Crippen molar-refractivity contribution in [3.05, 3.63) is 54.6 Å². The fourth-order valence-electron chi connectivity index (χ4n) is 3.91. The van der Waals surface area contributed by atoms with Crippen LogP contribution in [0.15, 0.2) is 54.6 Å². The number of nitrogens with one attached hydrogen (secondary N) is 2. The van der Waals surface area contributed by atoms with Crippen LogP contribution in [0, 0.1) is 5.92 Å². The molecule has 7 heteroatoms. The Morgan fingerprint density at radius 1 is 1.07 bits per heavy atom. The van der Waals surface area contributed by atoms with Crippen molar-refractivity contribution in [1.29, 1.82) is 0 Å². The van der Waals surface area contributed by atoms with E-state index in [-0.39, 0.29) is 36.7 Å². The van der Waals surface area contributed by atoms with Gasteiger partial charge in [-0.2, -0.15) is 0 Å². The highest BCUT2D eigenvalue weighted by atomic mass is 16.2. The zero-order valence-corrected chi connectivity index (χ0v) is 16.1. The quantitative estimate of drug-likeness (QED) is 0.837. The van der Waals surface area contributed by atoms with Crippen LogP contribution < -0.4 is 15.5 Å². The standard InChI is InChI=1S/C22H24N4O3/c27-20-14-26(19-11-5-4-10-18(19)24-20)21(28)15-25-12-6-7-16(13-25)22(29)23-17-8-2-1-3-9-17/h1-5,8-11,16H,6-7,12-15H2,(H,23,29)(H,24,27). The number of carbonyl (C=O) groups excluding carboxylic acids is 3. The number of nitrogens with zero attached hydrogens (tertiary/aromatic N) is 2. The molecular formula is C22H24N4O3. The number of amides is 3. The molecule has 1 unspecified atom stereocenters. The second kappa shape index (κ2) is 8.45. The second-order valence-electron chi connectivity index (χ2n) is 7.47. The van der Waals surface area contributed by atoms with Gasteiger partial charge in [-0.15, -0.1) is 0 Å². The zero-order valence-electron chi connectivity index (χ0n) is 16.1. The first-order chi connectivity index (χ1) is 14.1. The van der Waals surface area contributed by atoms with Crippen LogP contribution in [0.4, 0.5) is 17.1 Å². The molecule has 1 atom stereocenters. The summed E-state index contributed by atoms with van der Waals surface area (Å²) in [5.41, 5.74) is 2.14. The SMILES string of the molecule is O=C1CN(C(=O)CN2CCCC(C(=O)Nc3ccccc3)C2)c2ccccc2N1. The third-order valence-electron chi connectivity index (χ3n) is 5.35. The van der Waals surface area contributed by atoms with E-state index in [0.29, 0.717) is 17.9 Å². The van der Waals surface area contributed by atoms with Gasteiger partial charge in [0, 0.05) is 12.2 Å². The first-order valence-corrected chi connectivity index (χ1v) is 9.87. The molecule has 3 amide bonds. The first kappa shape index (κ1) is 19.1. The van der Waals surface area contributed by atoms with Crippen molar-refractivity contribution in [2.75, 3.05) is 41.7 Å². The Morgan fingerprint density at radius 2 is 1.83 bits per heavy atom. The van der Waals surface area contributed by atoms with Gasteiger partial charge in [0.2, 0.25) is 17.7 Å². The fraction of sp³-hybridized carbons (Fsp3) is 0.318. The Bertz CT molecular complexity index is 915. The van der Waals surface area contributed by atoms with E-state index < -0.39 is 0 Å². The number of fused-ring (bicyclic) bond motifs is 1. The summed E-state index contributed by atoms with van der Waals surface area (Å²) in [6, 6.07) is 16.7. The predicted molar refractivity (Wildman–Crippen MR) is 112 cm³/mol. The van der Waals surface area contributed by atoms with Crippen molar-refractivity contribution in [2.45, 2.75) is 12.8 Å². The molecule has 1 fully saturated rings. The van der Waals surface area contributed by atoms with Gasteiger partial charge in [-0.1, -0.05) is 30.3 Å². The van der Waals surface area contributed by atoms with Gasteiger partial charge in [0.15, 0.2) is 0 Å². The Kier molecular flexibility index (Phi) is 5.57. The number of hydrogen-bond acceptors (Lipinski definition) is 4. The third-order valence-corrected chi connectivity index (χ3v) is 5.35. The normalized spacial score (nSPS) is 19.2. The van der Waals surface area contributed by atoms with E-state index >= 15 is 0 Å². The van der Waals surface area contributed by atoms with Gasteiger partial charge in [0.1, 0.15) is 6.54 Å². The highest BCUT2D eigenvalue weighted by molar-refractivity contribution is 6.10. The number of piperidine rings is 1. The maximum absolute atomic E-state index is 12.9. The molecule has 0 spiro atoms. The smallest absolute Gasteiger partial charge is 0.244 e. The predicted octanol–water partition coefficient (Wildman–Crippen LogP) is 2.32. The number of para-hydroxylation sites is 3. The molecule has 4 rings (SSSR count). The molecule has 2 aliphatic rings. The van der Waals surface area contributed by atoms with Gasteiger partial charge in [-0.05, 0) is 43.7 Å². The molecule has 150 valence electrons. The molecule has 7 nitrogen and oxygen atoms in total. The van der Waals surface area contributed by atoms with Crippen molar-refractivity contribution in [2.24, 2.45) is 5.92 Å². The minimum atomic E-state index is -0.198. The summed E-state index contributed by atoms with van der Waals surface area (Å²) >= 11 is 0. The minimum Gasteiger partial charge on any atom is -0.326 e. The number of likely N-dealkylation sites (tertiary alicyclic amines) is 1. The second-order valence-corrected chi connectivity index (χ2v) is 7.47. The summed E-state index contributed by atoms with van der Waals surface area (Å²) in [7, 11) is 0. The molecule has 0 radical (unpaired) electrons. The molecule has 1 saturated heterocycles. The largest absolute Gasteiger partial charge is 0.326 e. The molecule has 0 aromatic heterocycles. The highest BCUT2D eigenvalue weighted by Gasteiger charge is 2.31. The Labute approximate surface area is 169 Å². The van der Waals surface area contributed by atoms with E-state index in [4.69, 9.17) is 0 Å². The number of carbonyl (C=O) groups is 3. The topological polar surface area (TPSA) is 81.8 Å². The van der Waals surface area contributed by atoms with E-state index in [9.17, 15) is 14.4 Å². The molecular weight excluding hydrogens is 368 g/mol. The summed E-state index contributed by atoms with van der Waals surface area (Å²) in [6.07, 6.45) is 1.66. The van der Waals surface area contributed by atoms with Crippen molar-refractivity contribution < 1.29 is 14.4 Å². The van der Waals surface area contributed by atoms with Crippen LogP contribution in [0.25, 0.3) is 0 Å². The van der Waals surface area contributed by atoms with Gasteiger partial charge >= 0.3 is 0 Å². The first-order valence-electron chi connectivity index (χ1n) is 9.87. The minimum absolute atomic E-state index is 0.0155. The fourth-order valence-corrected chi connectivity index (χ4v) is 3.91. The van der Waals surface area contributed by atoms with Gasteiger partial charge in [0.05, 0.1) is 23.8 Å². The summed E-state index contributed by atoms with van der Waals surface area (Å²) < 4.78 is 0. The van der Waals surface area contributed by atoms with Crippen LogP contribution in [-0.4, -0.2) is 48.8 Å². The summed E-state index contributed by atoms with van der Waals surface area (Å²) in [4.78, 5) is 41.1. The number of benzene rings is 2. The maximum atomic E-state index is 12.9. The van der Waals surface area contributed by atoms with E-state index in [1.165, 1.54) is 4.90 Å². The lowest BCUT2D eigenvalue weighted by Crippen LogP contribution is -2.49. The molecule has 29 heavy (non-hydrogen) atoms. The Balaban J connectivity index is 1.39. The van der Waals surface area contributed by atoms with Crippen LogP contribution >= 0.6 is 0 Å². The summed E-state index contributed by atoms with van der Waals surface area (Å²) in [6.45, 7) is 1.51. The Morgan fingerprint density at radius 3 is 2.66 bits per heavy atom. The van der Waals surface area contributed by atoms with E-state index in [0.717, 1.165) is 25.1 Å². The van der Waals surface area contributed by atoms with Crippen LogP contribution in [-0.2, 0) is 14.4 Å². The van der Waals surface area contributed by atoms with Gasteiger partial charge < -0.3 is 10.6 Å². The number of rotatable bonds is 4. The molecule has 2 heterocycles. The molecule has 0 saturated carbocycles. The summed E-state index contributed by atoms with van der Waals surface area (Å²) in [5, 5.41) is 5.75. The van der Waals surface area contributed by atoms with Crippen LogP contribution in [0.3, 0.4) is 0 Å². The summed E-state index contributed by atoms with van der Waals surface area (Å²) in [5.74, 6) is -0.503. The molecule has 0 aliphatic carbocycles.